The first-order chi connectivity index (χ1) is 11.7. The van der Waals surface area contributed by atoms with Crippen LogP contribution in [0.2, 0.25) is 0 Å². The average Bonchev–Trinajstić information content (AvgIpc) is 3.13. The summed E-state index contributed by atoms with van der Waals surface area (Å²) in [4.78, 5) is 27.9. The van der Waals surface area contributed by atoms with Crippen molar-refractivity contribution in [3.8, 4) is 11.3 Å². The van der Waals surface area contributed by atoms with Crippen molar-refractivity contribution in [2.45, 2.75) is 31.7 Å². The molecule has 3 rings (SSSR count). The fourth-order valence-corrected chi connectivity index (χ4v) is 2.99. The summed E-state index contributed by atoms with van der Waals surface area (Å²) in [6, 6.07) is 5.32. The maximum atomic E-state index is 12.3. The molecule has 0 aromatic carbocycles. The van der Waals surface area contributed by atoms with Crippen molar-refractivity contribution in [2.24, 2.45) is 5.92 Å². The van der Waals surface area contributed by atoms with Gasteiger partial charge in [-0.15, -0.1) is 0 Å². The molecule has 7 heteroatoms. The van der Waals surface area contributed by atoms with Gasteiger partial charge in [0.1, 0.15) is 0 Å². The van der Waals surface area contributed by atoms with E-state index in [-0.39, 0.29) is 29.5 Å². The van der Waals surface area contributed by atoms with Crippen LogP contribution in [0.5, 0.6) is 0 Å². The summed E-state index contributed by atoms with van der Waals surface area (Å²) < 4.78 is 5.22. The number of hydrogen-bond donors (Lipinski definition) is 2. The molecule has 1 aliphatic rings. The van der Waals surface area contributed by atoms with Crippen LogP contribution < -0.4 is 10.6 Å². The highest BCUT2D eigenvalue weighted by Crippen LogP contribution is 2.25. The van der Waals surface area contributed by atoms with Crippen LogP contribution in [0.15, 0.2) is 35.1 Å². The van der Waals surface area contributed by atoms with Gasteiger partial charge in [0, 0.05) is 43.0 Å². The number of nitrogens with one attached hydrogen (secondary N) is 2. The predicted molar refractivity (Wildman–Crippen MR) is 87.0 cm³/mol. The maximum Gasteiger partial charge on any atom is 0.273 e. The third-order valence-electron chi connectivity index (χ3n) is 4.37. The lowest BCUT2D eigenvalue weighted by molar-refractivity contribution is -0.125. The highest BCUT2D eigenvalue weighted by atomic mass is 16.5. The van der Waals surface area contributed by atoms with Crippen LogP contribution in [-0.2, 0) is 4.79 Å². The minimum atomic E-state index is -0.253. The number of carbonyl (C=O) groups excluding carboxylic acids is 2. The fourth-order valence-electron chi connectivity index (χ4n) is 2.99. The Labute approximate surface area is 139 Å². The standard InChI is InChI=1S/C17H20N4O3/c1-18-16(22)11-4-6-13(7-5-11)20-17(23)14-9-15(24-21-14)12-3-2-8-19-10-12/h2-3,8-11,13H,4-7H2,1H3,(H,18,22)(H,20,23). The third kappa shape index (κ3) is 3.61. The zero-order chi connectivity index (χ0) is 16.9. The second-order valence-electron chi connectivity index (χ2n) is 5.95. The van der Waals surface area contributed by atoms with E-state index in [9.17, 15) is 9.59 Å². The van der Waals surface area contributed by atoms with Crippen molar-refractivity contribution in [3.63, 3.8) is 0 Å². The Kier molecular flexibility index (Phi) is 4.88. The number of nitrogens with zero attached hydrogens (tertiary/aromatic N) is 2. The number of pyridine rings is 1. The van der Waals surface area contributed by atoms with Gasteiger partial charge in [0.25, 0.3) is 5.91 Å². The molecule has 7 nitrogen and oxygen atoms in total. The van der Waals surface area contributed by atoms with Crippen molar-refractivity contribution in [2.75, 3.05) is 7.05 Å². The van der Waals surface area contributed by atoms with Crippen LogP contribution >= 0.6 is 0 Å². The van der Waals surface area contributed by atoms with Gasteiger partial charge in [0.2, 0.25) is 5.91 Å². The molecule has 126 valence electrons. The second-order valence-corrected chi connectivity index (χ2v) is 5.95. The molecule has 2 N–H and O–H groups in total. The molecule has 1 saturated carbocycles. The van der Waals surface area contributed by atoms with Crippen molar-refractivity contribution < 1.29 is 14.1 Å². The Bertz CT molecular complexity index is 706. The number of hydrogen-bond acceptors (Lipinski definition) is 5. The zero-order valence-electron chi connectivity index (χ0n) is 13.5. The van der Waals surface area contributed by atoms with Crippen LogP contribution in [0, 0.1) is 5.92 Å². The van der Waals surface area contributed by atoms with E-state index in [0.717, 1.165) is 31.2 Å². The highest BCUT2D eigenvalue weighted by molar-refractivity contribution is 5.93. The molecule has 0 spiro atoms. The van der Waals surface area contributed by atoms with E-state index < -0.39 is 0 Å². The van der Waals surface area contributed by atoms with Crippen LogP contribution in [0.1, 0.15) is 36.2 Å². The first-order valence-corrected chi connectivity index (χ1v) is 8.07. The minimum absolute atomic E-state index is 0.0485. The minimum Gasteiger partial charge on any atom is -0.359 e. The van der Waals surface area contributed by atoms with Crippen molar-refractivity contribution >= 4 is 11.8 Å². The second kappa shape index (κ2) is 7.25. The summed E-state index contributed by atoms with van der Waals surface area (Å²) in [5.41, 5.74) is 1.03. The molecular weight excluding hydrogens is 308 g/mol. The van der Waals surface area contributed by atoms with E-state index in [4.69, 9.17) is 4.52 Å². The smallest absolute Gasteiger partial charge is 0.273 e. The Morgan fingerprint density at radius 2 is 2.04 bits per heavy atom. The van der Waals surface area contributed by atoms with Gasteiger partial charge in [-0.3, -0.25) is 14.6 Å². The normalized spacial score (nSPS) is 20.4. The average molecular weight is 328 g/mol. The van der Waals surface area contributed by atoms with Gasteiger partial charge in [-0.25, -0.2) is 0 Å². The molecular formula is C17H20N4O3. The third-order valence-corrected chi connectivity index (χ3v) is 4.37. The van der Waals surface area contributed by atoms with Crippen LogP contribution in [0.3, 0.4) is 0 Å². The van der Waals surface area contributed by atoms with Crippen molar-refractivity contribution in [1.82, 2.24) is 20.8 Å². The lowest BCUT2D eigenvalue weighted by Crippen LogP contribution is -2.40. The van der Waals surface area contributed by atoms with Crippen molar-refractivity contribution in [3.05, 3.63) is 36.3 Å². The first kappa shape index (κ1) is 16.2. The van der Waals surface area contributed by atoms with Crippen LogP contribution in [0.25, 0.3) is 11.3 Å². The van der Waals surface area contributed by atoms with E-state index in [0.29, 0.717) is 5.76 Å². The number of rotatable bonds is 4. The molecule has 0 bridgehead atoms. The van der Waals surface area contributed by atoms with E-state index in [1.54, 1.807) is 31.6 Å². The van der Waals surface area contributed by atoms with Gasteiger partial charge in [-0.1, -0.05) is 5.16 Å². The summed E-state index contributed by atoms with van der Waals surface area (Å²) in [7, 11) is 1.65. The topological polar surface area (TPSA) is 97.1 Å². The lowest BCUT2D eigenvalue weighted by atomic mass is 9.85. The van der Waals surface area contributed by atoms with Crippen molar-refractivity contribution in [1.29, 1.82) is 0 Å². The first-order valence-electron chi connectivity index (χ1n) is 8.07. The van der Waals surface area contributed by atoms with Gasteiger partial charge in [0.05, 0.1) is 0 Å². The monoisotopic (exact) mass is 328 g/mol. The highest BCUT2D eigenvalue weighted by Gasteiger charge is 2.27. The molecule has 2 aromatic rings. The molecule has 1 fully saturated rings. The molecule has 0 radical (unpaired) electrons. The maximum absolute atomic E-state index is 12.3. The number of aromatic nitrogens is 2. The summed E-state index contributed by atoms with van der Waals surface area (Å²) in [6.07, 6.45) is 6.47. The van der Waals surface area contributed by atoms with Gasteiger partial charge in [-0.05, 0) is 37.8 Å². The summed E-state index contributed by atoms with van der Waals surface area (Å²) >= 11 is 0. The van der Waals surface area contributed by atoms with E-state index in [2.05, 4.69) is 20.8 Å². The van der Waals surface area contributed by atoms with Crippen LogP contribution in [0.4, 0.5) is 0 Å². The molecule has 0 aliphatic heterocycles. The number of amides is 2. The molecule has 0 unspecified atom stereocenters. The van der Waals surface area contributed by atoms with Crippen LogP contribution in [-0.4, -0.2) is 35.0 Å². The van der Waals surface area contributed by atoms with Gasteiger partial charge in [0.15, 0.2) is 11.5 Å². The van der Waals surface area contributed by atoms with E-state index in [1.165, 1.54) is 0 Å². The summed E-state index contributed by atoms with van der Waals surface area (Å²) in [6.45, 7) is 0. The molecule has 2 heterocycles. The fraction of sp³-hybridized carbons (Fsp3) is 0.412. The Balaban J connectivity index is 1.57. The SMILES string of the molecule is CNC(=O)C1CCC(NC(=O)c2cc(-c3cccnc3)on2)CC1. The molecule has 24 heavy (non-hydrogen) atoms. The Hall–Kier alpha value is -2.70. The predicted octanol–water partition coefficient (Wildman–Crippen LogP) is 1.77. The molecule has 1 aliphatic carbocycles. The largest absolute Gasteiger partial charge is 0.359 e. The Morgan fingerprint density at radius 1 is 1.25 bits per heavy atom. The molecule has 2 aromatic heterocycles. The quantitative estimate of drug-likeness (QED) is 0.891. The lowest BCUT2D eigenvalue weighted by Gasteiger charge is -2.27. The summed E-state index contributed by atoms with van der Waals surface area (Å²) in [5, 5.41) is 9.48. The van der Waals surface area contributed by atoms with Gasteiger partial charge >= 0.3 is 0 Å². The number of carbonyl (C=O) groups is 2. The summed E-state index contributed by atoms with van der Waals surface area (Å²) in [5.74, 6) is 0.388. The van der Waals surface area contributed by atoms with E-state index >= 15 is 0 Å². The van der Waals surface area contributed by atoms with E-state index in [1.807, 2.05) is 6.07 Å². The zero-order valence-corrected chi connectivity index (χ0v) is 13.5. The molecule has 0 atom stereocenters. The molecule has 0 saturated heterocycles. The van der Waals surface area contributed by atoms with Gasteiger partial charge in [-0.2, -0.15) is 0 Å². The Morgan fingerprint density at radius 3 is 2.71 bits per heavy atom. The molecule has 2 amide bonds. The van der Waals surface area contributed by atoms with Gasteiger partial charge < -0.3 is 15.2 Å².